The molecule has 19 heavy (non-hydrogen) atoms. The van der Waals surface area contributed by atoms with Gasteiger partial charge in [0.2, 0.25) is 0 Å². The Kier molecular flexibility index (Phi) is 4.22. The number of aromatic nitrogens is 2. The van der Waals surface area contributed by atoms with E-state index in [1.165, 1.54) is 11.1 Å². The van der Waals surface area contributed by atoms with Gasteiger partial charge in [0, 0.05) is 20.1 Å². The first-order valence-corrected chi connectivity index (χ1v) is 6.82. The van der Waals surface area contributed by atoms with Gasteiger partial charge in [0.15, 0.2) is 0 Å². The van der Waals surface area contributed by atoms with Crippen molar-refractivity contribution in [2.45, 2.75) is 26.8 Å². The fourth-order valence-electron chi connectivity index (χ4n) is 2.32. The predicted molar refractivity (Wildman–Crippen MR) is 79.9 cm³/mol. The smallest absolute Gasteiger partial charge is 0.0955 e. The number of nitrogens with zero attached hydrogens (tertiary/aromatic N) is 2. The largest absolute Gasteiger partial charge is 0.334 e. The van der Waals surface area contributed by atoms with Crippen LogP contribution in [0.1, 0.15) is 25.8 Å². The molecular formula is C15H24N4. The monoisotopic (exact) mass is 260 g/mol. The average Bonchev–Trinajstić information content (AvgIpc) is 2.70. The van der Waals surface area contributed by atoms with Crippen LogP contribution in [0.4, 0.5) is 0 Å². The van der Waals surface area contributed by atoms with Crippen molar-refractivity contribution in [1.29, 1.82) is 0 Å². The Morgan fingerprint density at radius 1 is 1.37 bits per heavy atom. The van der Waals surface area contributed by atoms with Gasteiger partial charge in [0.25, 0.3) is 0 Å². The van der Waals surface area contributed by atoms with Crippen LogP contribution in [0.25, 0.3) is 11.0 Å². The lowest BCUT2D eigenvalue weighted by molar-refractivity contribution is 0.319. The molecule has 0 saturated heterocycles. The molecule has 0 fully saturated rings. The van der Waals surface area contributed by atoms with Crippen LogP contribution in [0.2, 0.25) is 0 Å². The molecule has 0 radical (unpaired) electrons. The molecule has 1 aromatic carbocycles. The molecule has 104 valence electrons. The number of nitrogens with two attached hydrogens (primary N) is 1. The molecule has 4 heteroatoms. The highest BCUT2D eigenvalue weighted by Gasteiger charge is 2.15. The van der Waals surface area contributed by atoms with Crippen LogP contribution in [0.15, 0.2) is 24.5 Å². The quantitative estimate of drug-likeness (QED) is 0.835. The third-order valence-electron chi connectivity index (χ3n) is 3.54. The summed E-state index contributed by atoms with van der Waals surface area (Å²) in [6.45, 7) is 7.09. The van der Waals surface area contributed by atoms with Gasteiger partial charge in [-0.1, -0.05) is 19.9 Å². The van der Waals surface area contributed by atoms with Crippen molar-refractivity contribution in [1.82, 2.24) is 14.9 Å². The first-order valence-electron chi connectivity index (χ1n) is 6.82. The van der Waals surface area contributed by atoms with Crippen molar-refractivity contribution >= 4 is 11.0 Å². The van der Waals surface area contributed by atoms with Gasteiger partial charge in [-0.05, 0) is 36.1 Å². The summed E-state index contributed by atoms with van der Waals surface area (Å²) in [5.74, 6) is 0. The fraction of sp³-hybridized carbons (Fsp3) is 0.533. The van der Waals surface area contributed by atoms with Crippen LogP contribution in [0.3, 0.4) is 0 Å². The van der Waals surface area contributed by atoms with Gasteiger partial charge in [-0.3, -0.25) is 0 Å². The zero-order valence-corrected chi connectivity index (χ0v) is 12.1. The molecular weight excluding hydrogens is 236 g/mol. The van der Waals surface area contributed by atoms with Gasteiger partial charge in [0.1, 0.15) is 0 Å². The van der Waals surface area contributed by atoms with E-state index >= 15 is 0 Å². The summed E-state index contributed by atoms with van der Waals surface area (Å²) >= 11 is 0. The summed E-state index contributed by atoms with van der Waals surface area (Å²) in [5, 5.41) is 3.51. The maximum atomic E-state index is 5.62. The zero-order valence-electron chi connectivity index (χ0n) is 12.1. The van der Waals surface area contributed by atoms with Crippen molar-refractivity contribution in [2.24, 2.45) is 18.2 Å². The maximum absolute atomic E-state index is 5.62. The third kappa shape index (κ3) is 3.55. The molecule has 2 aromatic rings. The second kappa shape index (κ2) is 5.72. The molecule has 0 spiro atoms. The van der Waals surface area contributed by atoms with E-state index in [-0.39, 0.29) is 5.41 Å². The lowest BCUT2D eigenvalue weighted by Gasteiger charge is -2.24. The number of aryl methyl sites for hydroxylation is 1. The summed E-state index contributed by atoms with van der Waals surface area (Å²) in [7, 11) is 2.02. The van der Waals surface area contributed by atoms with E-state index < -0.39 is 0 Å². The van der Waals surface area contributed by atoms with Crippen LogP contribution < -0.4 is 11.1 Å². The molecule has 2 rings (SSSR count). The van der Waals surface area contributed by atoms with E-state index in [1.807, 2.05) is 17.9 Å². The highest BCUT2D eigenvalue weighted by atomic mass is 15.0. The first-order chi connectivity index (χ1) is 9.02. The molecule has 0 unspecified atom stereocenters. The minimum absolute atomic E-state index is 0.254. The Morgan fingerprint density at radius 3 is 2.89 bits per heavy atom. The molecule has 0 aliphatic heterocycles. The topological polar surface area (TPSA) is 55.9 Å². The molecule has 0 bridgehead atoms. The second-order valence-electron chi connectivity index (χ2n) is 5.98. The maximum Gasteiger partial charge on any atom is 0.0955 e. The van der Waals surface area contributed by atoms with E-state index in [2.05, 4.69) is 42.3 Å². The van der Waals surface area contributed by atoms with E-state index in [1.54, 1.807) is 0 Å². The minimum atomic E-state index is 0.254. The van der Waals surface area contributed by atoms with Gasteiger partial charge < -0.3 is 15.6 Å². The molecule has 0 aliphatic carbocycles. The first kappa shape index (κ1) is 14.0. The summed E-state index contributed by atoms with van der Waals surface area (Å²) in [4.78, 5) is 4.38. The number of imidazole rings is 1. The van der Waals surface area contributed by atoms with Gasteiger partial charge in [-0.2, -0.15) is 0 Å². The number of nitrogens with one attached hydrogen (secondary N) is 1. The van der Waals surface area contributed by atoms with E-state index in [0.717, 1.165) is 31.6 Å². The summed E-state index contributed by atoms with van der Waals surface area (Å²) in [6, 6.07) is 6.44. The number of hydrogen-bond donors (Lipinski definition) is 2. The van der Waals surface area contributed by atoms with Gasteiger partial charge in [0.05, 0.1) is 17.4 Å². The zero-order chi connectivity index (χ0) is 13.9. The number of rotatable bonds is 6. The van der Waals surface area contributed by atoms with Crippen molar-refractivity contribution in [3.05, 3.63) is 30.1 Å². The normalized spacial score (nSPS) is 12.2. The van der Waals surface area contributed by atoms with Crippen molar-refractivity contribution in [2.75, 3.05) is 13.1 Å². The molecule has 1 heterocycles. The Labute approximate surface area is 115 Å². The summed E-state index contributed by atoms with van der Waals surface area (Å²) in [5.41, 5.74) is 9.38. The lowest BCUT2D eigenvalue weighted by Crippen LogP contribution is -2.30. The molecule has 3 N–H and O–H groups in total. The molecule has 1 aromatic heterocycles. The van der Waals surface area contributed by atoms with E-state index in [0.29, 0.717) is 0 Å². The van der Waals surface area contributed by atoms with Gasteiger partial charge in [-0.25, -0.2) is 4.98 Å². The highest BCUT2D eigenvalue weighted by Crippen LogP contribution is 2.18. The number of hydrogen-bond acceptors (Lipinski definition) is 3. The molecule has 0 amide bonds. The van der Waals surface area contributed by atoms with Crippen molar-refractivity contribution in [3.8, 4) is 0 Å². The average molecular weight is 260 g/mol. The Balaban J connectivity index is 1.95. The van der Waals surface area contributed by atoms with Crippen LogP contribution in [0, 0.1) is 5.41 Å². The third-order valence-corrected chi connectivity index (χ3v) is 3.54. The Bertz CT molecular complexity index is 542. The summed E-state index contributed by atoms with van der Waals surface area (Å²) in [6.07, 6.45) is 2.89. The summed E-state index contributed by atoms with van der Waals surface area (Å²) < 4.78 is 2.04. The molecule has 4 nitrogen and oxygen atoms in total. The lowest BCUT2D eigenvalue weighted by atomic mass is 9.89. The van der Waals surface area contributed by atoms with Crippen molar-refractivity contribution < 1.29 is 0 Å². The second-order valence-corrected chi connectivity index (χ2v) is 5.98. The fourth-order valence-corrected chi connectivity index (χ4v) is 2.32. The predicted octanol–water partition coefficient (Wildman–Crippen LogP) is 2.04. The van der Waals surface area contributed by atoms with Crippen LogP contribution >= 0.6 is 0 Å². The SMILES string of the molecule is Cn1cnc2cc(CNCC(C)(C)CCN)ccc21. The standard InChI is InChI=1S/C15H24N4/c1-15(2,6-7-16)10-17-9-12-4-5-14-13(8-12)18-11-19(14)3/h4-5,8,11,17H,6-7,9-10,16H2,1-3H3. The number of benzene rings is 1. The van der Waals surface area contributed by atoms with E-state index in [9.17, 15) is 0 Å². The van der Waals surface area contributed by atoms with Crippen LogP contribution in [0.5, 0.6) is 0 Å². The van der Waals surface area contributed by atoms with E-state index in [4.69, 9.17) is 5.73 Å². The Morgan fingerprint density at radius 2 is 2.16 bits per heavy atom. The van der Waals surface area contributed by atoms with Crippen LogP contribution in [-0.4, -0.2) is 22.6 Å². The van der Waals surface area contributed by atoms with Gasteiger partial charge >= 0.3 is 0 Å². The van der Waals surface area contributed by atoms with Gasteiger partial charge in [-0.15, -0.1) is 0 Å². The molecule has 0 aliphatic rings. The van der Waals surface area contributed by atoms with Crippen LogP contribution in [-0.2, 0) is 13.6 Å². The minimum Gasteiger partial charge on any atom is -0.334 e. The molecule has 0 atom stereocenters. The Hall–Kier alpha value is -1.39. The van der Waals surface area contributed by atoms with Crippen molar-refractivity contribution in [3.63, 3.8) is 0 Å². The number of fused-ring (bicyclic) bond motifs is 1. The molecule has 0 saturated carbocycles. The highest BCUT2D eigenvalue weighted by molar-refractivity contribution is 5.75.